The van der Waals surface area contributed by atoms with Crippen LogP contribution in [0, 0.1) is 5.82 Å². The largest absolute Gasteiger partial charge is 0.486 e. The van der Waals surface area contributed by atoms with Gasteiger partial charge in [-0.2, -0.15) is 8.78 Å². The van der Waals surface area contributed by atoms with Gasteiger partial charge in [0.15, 0.2) is 11.6 Å². The molecule has 1 unspecified atom stereocenters. The lowest BCUT2D eigenvalue weighted by Gasteiger charge is -2.48. The number of carbonyl (C=O) groups excluding carboxylic acids is 3. The zero-order chi connectivity index (χ0) is 28.0. The van der Waals surface area contributed by atoms with E-state index in [0.717, 1.165) is 44.3 Å². The first-order valence-corrected chi connectivity index (χ1v) is 13.7. The summed E-state index contributed by atoms with van der Waals surface area (Å²) in [7, 11) is 0. The number of ether oxygens (including phenoxy) is 2. The van der Waals surface area contributed by atoms with Crippen LogP contribution in [0.1, 0.15) is 65.9 Å². The second-order valence-electron chi connectivity index (χ2n) is 10.9. The molecule has 0 spiro atoms. The summed E-state index contributed by atoms with van der Waals surface area (Å²) in [5.41, 5.74) is 1.48. The first-order chi connectivity index (χ1) is 19.3. The van der Waals surface area contributed by atoms with E-state index >= 15 is 4.39 Å². The number of carbonyl (C=O) groups is 3. The average Bonchev–Trinajstić information content (AvgIpc) is 3.23. The van der Waals surface area contributed by atoms with Crippen LogP contribution in [0.5, 0.6) is 11.5 Å². The minimum atomic E-state index is -2.85. The maximum absolute atomic E-state index is 15.7. The zero-order valence-corrected chi connectivity index (χ0v) is 21.8. The molecule has 0 aromatic heterocycles. The van der Waals surface area contributed by atoms with Crippen LogP contribution in [-0.4, -0.2) is 65.4 Å². The van der Waals surface area contributed by atoms with Crippen LogP contribution in [-0.2, 0) is 16.1 Å². The number of piperidine rings is 1. The van der Waals surface area contributed by atoms with Gasteiger partial charge in [0.2, 0.25) is 11.8 Å². The molecule has 1 saturated carbocycles. The minimum absolute atomic E-state index is 0.0491. The molecule has 11 heteroatoms. The highest BCUT2D eigenvalue weighted by Crippen LogP contribution is 2.38. The van der Waals surface area contributed by atoms with Gasteiger partial charge in [-0.05, 0) is 55.5 Å². The molecule has 6 rings (SSSR count). The number of imide groups is 1. The molecule has 3 aliphatic heterocycles. The van der Waals surface area contributed by atoms with Crippen molar-refractivity contribution in [1.29, 1.82) is 0 Å². The molecule has 3 amide bonds. The van der Waals surface area contributed by atoms with Crippen LogP contribution in [0.3, 0.4) is 0 Å². The van der Waals surface area contributed by atoms with Crippen LogP contribution in [0.25, 0.3) is 0 Å². The third kappa shape index (κ3) is 5.02. The molecule has 0 radical (unpaired) electrons. The molecule has 0 bridgehead atoms. The highest BCUT2D eigenvalue weighted by Gasteiger charge is 2.42. The van der Waals surface area contributed by atoms with Gasteiger partial charge in [-0.15, -0.1) is 0 Å². The molecule has 1 aliphatic carbocycles. The fourth-order valence-corrected chi connectivity index (χ4v) is 6.39. The number of hydrogen-bond acceptors (Lipinski definition) is 6. The van der Waals surface area contributed by atoms with Crippen molar-refractivity contribution in [2.45, 2.75) is 75.8 Å². The molecule has 40 heavy (non-hydrogen) atoms. The topological polar surface area (TPSA) is 88.2 Å². The normalized spacial score (nSPS) is 25.6. The van der Waals surface area contributed by atoms with Crippen molar-refractivity contribution < 1.29 is 37.0 Å². The maximum Gasteiger partial charge on any atom is 0.387 e. The van der Waals surface area contributed by atoms with Gasteiger partial charge in [-0.25, -0.2) is 4.39 Å². The van der Waals surface area contributed by atoms with Gasteiger partial charge in [0.05, 0.1) is 6.54 Å². The average molecular weight is 558 g/mol. The Bertz CT molecular complexity index is 1310. The minimum Gasteiger partial charge on any atom is -0.486 e. The number of alkyl halides is 2. The summed E-state index contributed by atoms with van der Waals surface area (Å²) in [6, 6.07) is 9.09. The molecular weight excluding hydrogens is 527 g/mol. The molecular formula is C29H30F3N3O5. The number of rotatable bonds is 7. The Kier molecular flexibility index (Phi) is 7.16. The predicted molar refractivity (Wildman–Crippen MR) is 137 cm³/mol. The van der Waals surface area contributed by atoms with Crippen molar-refractivity contribution in [3.05, 3.63) is 58.9 Å². The molecule has 2 aromatic carbocycles. The first kappa shape index (κ1) is 26.6. The Hall–Kier alpha value is -3.60. The fourth-order valence-electron chi connectivity index (χ4n) is 6.39. The number of nitrogens with zero attached hydrogens (tertiary/aromatic N) is 2. The van der Waals surface area contributed by atoms with Gasteiger partial charge in [0.25, 0.3) is 5.91 Å². The smallest absolute Gasteiger partial charge is 0.387 e. The summed E-state index contributed by atoms with van der Waals surface area (Å²) in [4.78, 5) is 40.5. The Balaban J connectivity index is 1.11. The zero-order valence-electron chi connectivity index (χ0n) is 21.8. The second kappa shape index (κ2) is 10.8. The Morgan fingerprint density at radius 2 is 1.70 bits per heavy atom. The lowest BCUT2D eigenvalue weighted by molar-refractivity contribution is -0.136. The van der Waals surface area contributed by atoms with E-state index in [2.05, 4.69) is 15.0 Å². The molecule has 2 aromatic rings. The van der Waals surface area contributed by atoms with Crippen LogP contribution in [0.4, 0.5) is 13.2 Å². The number of amides is 3. The van der Waals surface area contributed by atoms with Gasteiger partial charge in [0, 0.05) is 42.6 Å². The summed E-state index contributed by atoms with van der Waals surface area (Å²) < 4.78 is 51.3. The molecule has 3 fully saturated rings. The fraction of sp³-hybridized carbons (Fsp3) is 0.483. The van der Waals surface area contributed by atoms with Gasteiger partial charge >= 0.3 is 6.61 Å². The second-order valence-corrected chi connectivity index (χ2v) is 10.9. The predicted octanol–water partition coefficient (Wildman–Crippen LogP) is 3.98. The van der Waals surface area contributed by atoms with E-state index in [9.17, 15) is 23.2 Å². The summed E-state index contributed by atoms with van der Waals surface area (Å²) in [5, 5.41) is 2.26. The maximum atomic E-state index is 15.7. The molecule has 2 saturated heterocycles. The van der Waals surface area contributed by atoms with Crippen LogP contribution in [0.2, 0.25) is 0 Å². The SMILES string of the molecule is O=C1CCC(N2Cc3c(ccc(O[C@H]4CCCC[C@@H]4N4CC(c5ccc(OC(F)F)cc5)C4)c3F)C2=O)C(=O)N1. The standard InChI is InChI=1S/C29H30F3N3O5/c30-26-20-15-35(22-10-12-25(36)33-27(22)37)28(38)19(20)9-11-24(26)40-23-4-2-1-3-21(23)34-13-17(14-34)16-5-7-18(8-6-16)39-29(31)32/h5-9,11,17,21-23,29H,1-4,10,12-15H2,(H,33,36,37)/t21-,22?,23-/m0/s1. The molecule has 1 N–H and O–H groups in total. The number of fused-ring (bicyclic) bond motifs is 1. The quantitative estimate of drug-likeness (QED) is 0.519. The Morgan fingerprint density at radius 3 is 2.42 bits per heavy atom. The third-order valence-corrected chi connectivity index (χ3v) is 8.52. The van der Waals surface area contributed by atoms with Crippen LogP contribution < -0.4 is 14.8 Å². The number of halogens is 3. The van der Waals surface area contributed by atoms with E-state index in [1.54, 1.807) is 18.2 Å². The molecule has 212 valence electrons. The third-order valence-electron chi connectivity index (χ3n) is 8.52. The summed E-state index contributed by atoms with van der Waals surface area (Å²) in [6.07, 6.45) is 3.85. The van der Waals surface area contributed by atoms with E-state index in [1.165, 1.54) is 11.0 Å². The number of benzene rings is 2. The van der Waals surface area contributed by atoms with Gasteiger partial charge in [-0.3, -0.25) is 24.6 Å². The highest BCUT2D eigenvalue weighted by atomic mass is 19.3. The molecule has 3 atom stereocenters. The van der Waals surface area contributed by atoms with Crippen LogP contribution in [0.15, 0.2) is 36.4 Å². The molecule has 3 heterocycles. The number of hydrogen-bond donors (Lipinski definition) is 1. The van der Waals surface area contributed by atoms with Gasteiger partial charge < -0.3 is 14.4 Å². The lowest BCUT2D eigenvalue weighted by atomic mass is 9.84. The molecule has 4 aliphatic rings. The van der Waals surface area contributed by atoms with Crippen molar-refractivity contribution in [2.24, 2.45) is 0 Å². The van der Waals surface area contributed by atoms with E-state index in [1.807, 2.05) is 12.1 Å². The van der Waals surface area contributed by atoms with Crippen molar-refractivity contribution in [3.8, 4) is 11.5 Å². The van der Waals surface area contributed by atoms with E-state index < -0.39 is 30.3 Å². The van der Waals surface area contributed by atoms with E-state index in [0.29, 0.717) is 0 Å². The van der Waals surface area contributed by atoms with Crippen molar-refractivity contribution in [1.82, 2.24) is 15.1 Å². The summed E-state index contributed by atoms with van der Waals surface area (Å²) >= 11 is 0. The Morgan fingerprint density at radius 1 is 0.950 bits per heavy atom. The summed E-state index contributed by atoms with van der Waals surface area (Å²) in [5.74, 6) is -1.42. The van der Waals surface area contributed by atoms with Crippen molar-refractivity contribution in [3.63, 3.8) is 0 Å². The number of nitrogens with one attached hydrogen (secondary N) is 1. The monoisotopic (exact) mass is 557 g/mol. The van der Waals surface area contributed by atoms with E-state index in [4.69, 9.17) is 4.74 Å². The van der Waals surface area contributed by atoms with Gasteiger partial charge in [0.1, 0.15) is 17.9 Å². The van der Waals surface area contributed by atoms with Gasteiger partial charge in [-0.1, -0.05) is 18.6 Å². The molecule has 8 nitrogen and oxygen atoms in total. The van der Waals surface area contributed by atoms with Crippen molar-refractivity contribution >= 4 is 17.7 Å². The Labute approximate surface area is 229 Å². The van der Waals surface area contributed by atoms with Crippen LogP contribution >= 0.6 is 0 Å². The lowest BCUT2D eigenvalue weighted by Crippen LogP contribution is -2.57. The highest BCUT2D eigenvalue weighted by molar-refractivity contribution is 6.05. The first-order valence-electron chi connectivity index (χ1n) is 13.7. The van der Waals surface area contributed by atoms with E-state index in [-0.39, 0.29) is 66.0 Å². The van der Waals surface area contributed by atoms with Crippen molar-refractivity contribution in [2.75, 3.05) is 13.1 Å². The number of likely N-dealkylation sites (tertiary alicyclic amines) is 1. The summed E-state index contributed by atoms with van der Waals surface area (Å²) in [6.45, 7) is -1.32.